The van der Waals surface area contributed by atoms with E-state index in [1.165, 1.54) is 24.2 Å². The summed E-state index contributed by atoms with van der Waals surface area (Å²) in [6, 6.07) is 0.383. The van der Waals surface area contributed by atoms with Crippen LogP contribution in [0.1, 0.15) is 29.6 Å². The van der Waals surface area contributed by atoms with Crippen LogP contribution in [0.2, 0.25) is 0 Å². The third kappa shape index (κ3) is 3.17. The molecule has 1 aromatic rings. The van der Waals surface area contributed by atoms with Crippen LogP contribution in [0.3, 0.4) is 0 Å². The summed E-state index contributed by atoms with van der Waals surface area (Å²) in [5, 5.41) is 14.5. The third-order valence-corrected chi connectivity index (χ3v) is 4.09. The summed E-state index contributed by atoms with van der Waals surface area (Å²) < 4.78 is 0. The smallest absolute Gasteiger partial charge is 0.282 e. The first kappa shape index (κ1) is 13.2. The van der Waals surface area contributed by atoms with Gasteiger partial charge >= 0.3 is 0 Å². The largest absolute Gasteiger partial charge is 0.363 e. The molecular weight excluding hydrogens is 250 g/mol. The summed E-state index contributed by atoms with van der Waals surface area (Å²) in [5.41, 5.74) is 0. The number of nitrogens with one attached hydrogen (secondary N) is 2. The first-order valence-corrected chi connectivity index (χ1v) is 7.06. The molecule has 0 aromatic carbocycles. The summed E-state index contributed by atoms with van der Waals surface area (Å²) in [6.07, 6.45) is 2.53. The molecule has 1 amide bonds. The van der Waals surface area contributed by atoms with Gasteiger partial charge in [0.1, 0.15) is 0 Å². The summed E-state index contributed by atoms with van der Waals surface area (Å²) in [6.45, 7) is 5.08. The van der Waals surface area contributed by atoms with Gasteiger partial charge in [-0.25, -0.2) is 0 Å². The molecule has 1 aromatic heterocycles. The van der Waals surface area contributed by atoms with Crippen LogP contribution >= 0.6 is 11.3 Å². The van der Waals surface area contributed by atoms with Crippen molar-refractivity contribution in [1.29, 1.82) is 0 Å². The van der Waals surface area contributed by atoms with Crippen molar-refractivity contribution in [3.05, 3.63) is 5.01 Å². The van der Waals surface area contributed by atoms with Crippen LogP contribution in [0.15, 0.2) is 0 Å². The zero-order valence-electron chi connectivity index (χ0n) is 10.8. The number of anilines is 1. The number of rotatable bonds is 5. The highest BCUT2D eigenvalue weighted by Gasteiger charge is 2.19. The molecule has 1 atom stereocenters. The molecular formula is C11H19N5OS. The molecule has 1 unspecified atom stereocenters. The number of amides is 1. The van der Waals surface area contributed by atoms with Gasteiger partial charge in [-0.15, -0.1) is 10.2 Å². The van der Waals surface area contributed by atoms with E-state index in [4.69, 9.17) is 0 Å². The zero-order chi connectivity index (χ0) is 13.0. The van der Waals surface area contributed by atoms with Crippen LogP contribution in [-0.2, 0) is 0 Å². The SMILES string of the molecule is CNc1nnc(C(=O)NCC(C)N2CCCC2)s1. The lowest BCUT2D eigenvalue weighted by Crippen LogP contribution is -2.40. The highest BCUT2D eigenvalue weighted by Crippen LogP contribution is 2.14. The third-order valence-electron chi connectivity index (χ3n) is 3.16. The Morgan fingerprint density at radius 2 is 2.17 bits per heavy atom. The molecule has 0 saturated carbocycles. The van der Waals surface area contributed by atoms with E-state index >= 15 is 0 Å². The number of carbonyl (C=O) groups excluding carboxylic acids is 1. The lowest BCUT2D eigenvalue weighted by atomic mass is 10.3. The van der Waals surface area contributed by atoms with Crippen molar-refractivity contribution in [2.75, 3.05) is 32.0 Å². The molecule has 0 aliphatic carbocycles. The standard InChI is InChI=1S/C11H19N5OS/c1-8(16-5-3-4-6-16)7-13-9(17)10-14-15-11(12-2)18-10/h8H,3-7H2,1-2H3,(H,12,15)(H,13,17). The van der Waals surface area contributed by atoms with Gasteiger partial charge in [0.25, 0.3) is 5.91 Å². The Kier molecular flexibility index (Phi) is 4.48. The highest BCUT2D eigenvalue weighted by atomic mass is 32.1. The fourth-order valence-electron chi connectivity index (χ4n) is 2.04. The van der Waals surface area contributed by atoms with E-state index in [-0.39, 0.29) is 5.91 Å². The van der Waals surface area contributed by atoms with Crippen LogP contribution in [0, 0.1) is 0 Å². The van der Waals surface area contributed by atoms with Gasteiger partial charge < -0.3 is 10.6 Å². The molecule has 1 saturated heterocycles. The van der Waals surface area contributed by atoms with Gasteiger partial charge in [-0.1, -0.05) is 11.3 Å². The number of hydrogen-bond acceptors (Lipinski definition) is 6. The minimum atomic E-state index is -0.139. The van der Waals surface area contributed by atoms with E-state index in [9.17, 15) is 4.79 Å². The van der Waals surface area contributed by atoms with Crippen molar-refractivity contribution >= 4 is 22.4 Å². The van der Waals surface area contributed by atoms with Crippen molar-refractivity contribution < 1.29 is 4.79 Å². The Morgan fingerprint density at radius 1 is 1.44 bits per heavy atom. The number of nitrogens with zero attached hydrogens (tertiary/aromatic N) is 3. The van der Waals surface area contributed by atoms with Gasteiger partial charge in [0.2, 0.25) is 10.1 Å². The van der Waals surface area contributed by atoms with E-state index in [0.717, 1.165) is 13.1 Å². The van der Waals surface area contributed by atoms with Crippen molar-refractivity contribution in [2.24, 2.45) is 0 Å². The van der Waals surface area contributed by atoms with E-state index in [1.54, 1.807) is 7.05 Å². The van der Waals surface area contributed by atoms with E-state index < -0.39 is 0 Å². The van der Waals surface area contributed by atoms with E-state index in [1.807, 2.05) is 0 Å². The molecule has 100 valence electrons. The van der Waals surface area contributed by atoms with E-state index in [2.05, 4.69) is 32.7 Å². The summed E-state index contributed by atoms with van der Waals surface area (Å²) in [4.78, 5) is 14.2. The monoisotopic (exact) mass is 269 g/mol. The molecule has 2 N–H and O–H groups in total. The molecule has 0 radical (unpaired) electrons. The summed E-state index contributed by atoms with van der Waals surface area (Å²) >= 11 is 1.27. The average Bonchev–Trinajstić information content (AvgIpc) is 3.05. The first-order valence-electron chi connectivity index (χ1n) is 6.24. The number of carbonyl (C=O) groups is 1. The van der Waals surface area contributed by atoms with E-state index in [0.29, 0.717) is 22.7 Å². The second-order valence-corrected chi connectivity index (χ2v) is 5.44. The number of hydrogen-bond donors (Lipinski definition) is 2. The van der Waals surface area contributed by atoms with Crippen LogP contribution in [0.4, 0.5) is 5.13 Å². The Labute approximate surface area is 111 Å². The van der Waals surface area contributed by atoms with Crippen molar-refractivity contribution in [3.8, 4) is 0 Å². The van der Waals surface area contributed by atoms with Crippen molar-refractivity contribution in [2.45, 2.75) is 25.8 Å². The minimum absolute atomic E-state index is 0.139. The van der Waals surface area contributed by atoms with Gasteiger partial charge in [0.15, 0.2) is 0 Å². The second-order valence-electron chi connectivity index (χ2n) is 4.46. The topological polar surface area (TPSA) is 70.1 Å². The number of likely N-dealkylation sites (tertiary alicyclic amines) is 1. The maximum absolute atomic E-state index is 11.8. The number of aromatic nitrogens is 2. The predicted molar refractivity (Wildman–Crippen MR) is 72.1 cm³/mol. The van der Waals surface area contributed by atoms with Gasteiger partial charge in [0.05, 0.1) is 0 Å². The lowest BCUT2D eigenvalue weighted by Gasteiger charge is -2.23. The van der Waals surface area contributed by atoms with Crippen LogP contribution in [0.5, 0.6) is 0 Å². The second kappa shape index (κ2) is 6.10. The molecule has 2 rings (SSSR count). The fraction of sp³-hybridized carbons (Fsp3) is 0.727. The van der Waals surface area contributed by atoms with Crippen LogP contribution < -0.4 is 10.6 Å². The maximum Gasteiger partial charge on any atom is 0.282 e. The molecule has 7 heteroatoms. The highest BCUT2D eigenvalue weighted by molar-refractivity contribution is 7.17. The Balaban J connectivity index is 1.80. The quantitative estimate of drug-likeness (QED) is 0.827. The normalized spacial score (nSPS) is 17.7. The molecule has 6 nitrogen and oxygen atoms in total. The van der Waals surface area contributed by atoms with Crippen LogP contribution in [0.25, 0.3) is 0 Å². The minimum Gasteiger partial charge on any atom is -0.363 e. The Morgan fingerprint density at radius 3 is 2.78 bits per heavy atom. The molecule has 1 aliphatic heterocycles. The van der Waals surface area contributed by atoms with Gasteiger partial charge in [0, 0.05) is 19.6 Å². The maximum atomic E-state index is 11.8. The Bertz CT molecular complexity index is 402. The van der Waals surface area contributed by atoms with Crippen LogP contribution in [-0.4, -0.2) is 53.7 Å². The molecule has 2 heterocycles. The summed E-state index contributed by atoms with van der Waals surface area (Å²) in [7, 11) is 1.76. The zero-order valence-corrected chi connectivity index (χ0v) is 11.6. The molecule has 0 spiro atoms. The fourth-order valence-corrected chi connectivity index (χ4v) is 2.66. The summed E-state index contributed by atoms with van der Waals surface area (Å²) in [5.74, 6) is -0.139. The predicted octanol–water partition coefficient (Wildman–Crippen LogP) is 0.794. The van der Waals surface area contributed by atoms with Gasteiger partial charge in [-0.05, 0) is 32.9 Å². The first-order chi connectivity index (χ1) is 8.70. The molecule has 18 heavy (non-hydrogen) atoms. The molecule has 0 bridgehead atoms. The average molecular weight is 269 g/mol. The van der Waals surface area contributed by atoms with Gasteiger partial charge in [-0.3, -0.25) is 9.69 Å². The van der Waals surface area contributed by atoms with Gasteiger partial charge in [-0.2, -0.15) is 0 Å². The lowest BCUT2D eigenvalue weighted by molar-refractivity contribution is 0.0939. The van der Waals surface area contributed by atoms with Crippen molar-refractivity contribution in [1.82, 2.24) is 20.4 Å². The molecule has 1 fully saturated rings. The van der Waals surface area contributed by atoms with Crippen molar-refractivity contribution in [3.63, 3.8) is 0 Å². The molecule has 1 aliphatic rings. The Hall–Kier alpha value is -1.21.